The number of anilines is 1. The number of piperidine rings is 1. The summed E-state index contributed by atoms with van der Waals surface area (Å²) in [6.45, 7) is 5.93. The number of nitrogens with zero attached hydrogens (tertiary/aromatic N) is 2. The van der Waals surface area contributed by atoms with Gasteiger partial charge in [0.25, 0.3) is 0 Å². The highest BCUT2D eigenvalue weighted by Gasteiger charge is 2.35. The fraction of sp³-hybridized carbons (Fsp3) is 0.440. The molecule has 33 heavy (non-hydrogen) atoms. The molecule has 2 aromatic rings. The quantitative estimate of drug-likeness (QED) is 0.704. The zero-order valence-electron chi connectivity index (χ0n) is 19.2. The van der Waals surface area contributed by atoms with Gasteiger partial charge in [-0.05, 0) is 55.5 Å². The minimum atomic E-state index is -3.53. The number of carbonyl (C=O) groups is 2. The van der Waals surface area contributed by atoms with Gasteiger partial charge in [0, 0.05) is 38.3 Å². The molecule has 8 heteroatoms. The maximum atomic E-state index is 12.9. The normalized spacial score (nSPS) is 20.2. The highest BCUT2D eigenvalue weighted by molar-refractivity contribution is 7.89. The standard InChI is InChI=1S/C25H31N3O4S/c1-18-3-5-20(6-4-18)16-26-25(30)21-15-24(29)28(17-21)22-7-9-23(10-8-22)33(31,32)27-13-11-19(2)12-14-27/h3-10,19,21H,11-17H2,1-2H3,(H,26,30)/t21-/m1/s1. The molecule has 176 valence electrons. The molecule has 1 N–H and O–H groups in total. The number of hydrogen-bond acceptors (Lipinski definition) is 4. The molecule has 1 atom stereocenters. The van der Waals surface area contributed by atoms with Crippen LogP contribution in [0.5, 0.6) is 0 Å². The predicted molar refractivity (Wildman–Crippen MR) is 127 cm³/mol. The Kier molecular flexibility index (Phi) is 6.86. The zero-order valence-corrected chi connectivity index (χ0v) is 20.0. The molecule has 0 saturated carbocycles. The third-order valence-corrected chi connectivity index (χ3v) is 8.52. The lowest BCUT2D eigenvalue weighted by Crippen LogP contribution is -2.37. The fourth-order valence-electron chi connectivity index (χ4n) is 4.34. The van der Waals surface area contributed by atoms with Gasteiger partial charge in [0.1, 0.15) is 0 Å². The van der Waals surface area contributed by atoms with Gasteiger partial charge in [-0.2, -0.15) is 4.31 Å². The van der Waals surface area contributed by atoms with Gasteiger partial charge < -0.3 is 10.2 Å². The Morgan fingerprint density at radius 2 is 1.67 bits per heavy atom. The zero-order chi connectivity index (χ0) is 23.6. The third kappa shape index (κ3) is 5.28. The van der Waals surface area contributed by atoms with Crippen molar-refractivity contribution in [3.63, 3.8) is 0 Å². The molecular formula is C25H31N3O4S. The van der Waals surface area contributed by atoms with Crippen LogP contribution in [0.15, 0.2) is 53.4 Å². The van der Waals surface area contributed by atoms with E-state index >= 15 is 0 Å². The maximum Gasteiger partial charge on any atom is 0.243 e. The van der Waals surface area contributed by atoms with Crippen molar-refractivity contribution in [3.8, 4) is 0 Å². The summed E-state index contributed by atoms with van der Waals surface area (Å²) in [5.74, 6) is -0.167. The summed E-state index contributed by atoms with van der Waals surface area (Å²) >= 11 is 0. The number of amides is 2. The molecule has 2 saturated heterocycles. The van der Waals surface area contributed by atoms with Gasteiger partial charge in [0.2, 0.25) is 21.8 Å². The van der Waals surface area contributed by atoms with E-state index in [-0.39, 0.29) is 29.7 Å². The Bertz CT molecular complexity index is 1110. The molecule has 0 aliphatic carbocycles. The maximum absolute atomic E-state index is 12.9. The number of carbonyl (C=O) groups excluding carboxylic acids is 2. The molecule has 0 unspecified atom stereocenters. The van der Waals surface area contributed by atoms with Crippen molar-refractivity contribution in [2.45, 2.75) is 44.6 Å². The van der Waals surface area contributed by atoms with Crippen LogP contribution >= 0.6 is 0 Å². The van der Waals surface area contributed by atoms with Crippen LogP contribution in [-0.2, 0) is 26.2 Å². The van der Waals surface area contributed by atoms with Gasteiger partial charge >= 0.3 is 0 Å². The van der Waals surface area contributed by atoms with Crippen LogP contribution in [0.3, 0.4) is 0 Å². The van der Waals surface area contributed by atoms with Crippen molar-refractivity contribution < 1.29 is 18.0 Å². The molecule has 0 aromatic heterocycles. The van der Waals surface area contributed by atoms with Gasteiger partial charge in [-0.3, -0.25) is 9.59 Å². The number of sulfonamides is 1. The van der Waals surface area contributed by atoms with Crippen LogP contribution in [-0.4, -0.2) is 44.2 Å². The Morgan fingerprint density at radius 3 is 2.30 bits per heavy atom. The third-order valence-electron chi connectivity index (χ3n) is 6.61. The van der Waals surface area contributed by atoms with E-state index in [0.717, 1.165) is 24.0 Å². The second kappa shape index (κ2) is 9.65. The molecule has 2 aliphatic heterocycles. The van der Waals surface area contributed by atoms with E-state index in [0.29, 0.717) is 31.2 Å². The number of benzene rings is 2. The molecule has 0 radical (unpaired) electrons. The van der Waals surface area contributed by atoms with E-state index in [1.807, 2.05) is 31.2 Å². The summed E-state index contributed by atoms with van der Waals surface area (Å²) in [7, 11) is -3.53. The van der Waals surface area contributed by atoms with Crippen molar-refractivity contribution >= 4 is 27.5 Å². The summed E-state index contributed by atoms with van der Waals surface area (Å²) in [5.41, 5.74) is 2.78. The average molecular weight is 470 g/mol. The summed E-state index contributed by atoms with van der Waals surface area (Å²) in [6, 6.07) is 14.4. The topological polar surface area (TPSA) is 86.8 Å². The second-order valence-corrected chi connectivity index (χ2v) is 11.1. The van der Waals surface area contributed by atoms with Crippen molar-refractivity contribution in [1.82, 2.24) is 9.62 Å². The molecule has 2 aromatic carbocycles. The Labute approximate surface area is 195 Å². The largest absolute Gasteiger partial charge is 0.352 e. The summed E-state index contributed by atoms with van der Waals surface area (Å²) < 4.78 is 27.4. The summed E-state index contributed by atoms with van der Waals surface area (Å²) in [4.78, 5) is 27.0. The Hall–Kier alpha value is -2.71. The minimum Gasteiger partial charge on any atom is -0.352 e. The average Bonchev–Trinajstić information content (AvgIpc) is 3.20. The number of nitrogens with one attached hydrogen (secondary N) is 1. The molecule has 4 rings (SSSR count). The van der Waals surface area contributed by atoms with E-state index in [1.165, 1.54) is 4.31 Å². The molecule has 0 spiro atoms. The van der Waals surface area contributed by atoms with Gasteiger partial charge in [0.05, 0.1) is 10.8 Å². The molecule has 2 aliphatic rings. The summed E-state index contributed by atoms with van der Waals surface area (Å²) in [6.07, 6.45) is 1.88. The first-order valence-electron chi connectivity index (χ1n) is 11.5. The Morgan fingerprint density at radius 1 is 1.03 bits per heavy atom. The molecule has 2 fully saturated rings. The van der Waals surface area contributed by atoms with Crippen molar-refractivity contribution in [2.24, 2.45) is 11.8 Å². The first kappa shape index (κ1) is 23.4. The van der Waals surface area contributed by atoms with Crippen molar-refractivity contribution in [1.29, 1.82) is 0 Å². The minimum absolute atomic E-state index is 0.133. The monoisotopic (exact) mass is 469 g/mol. The van der Waals surface area contributed by atoms with Crippen LogP contribution in [0.2, 0.25) is 0 Å². The molecule has 2 heterocycles. The van der Waals surface area contributed by atoms with E-state index in [9.17, 15) is 18.0 Å². The first-order valence-corrected chi connectivity index (χ1v) is 12.9. The van der Waals surface area contributed by atoms with E-state index in [2.05, 4.69) is 12.2 Å². The van der Waals surface area contributed by atoms with Gasteiger partial charge in [-0.1, -0.05) is 36.8 Å². The molecule has 2 amide bonds. The van der Waals surface area contributed by atoms with E-state index in [4.69, 9.17) is 0 Å². The van der Waals surface area contributed by atoms with Crippen molar-refractivity contribution in [3.05, 3.63) is 59.7 Å². The lowest BCUT2D eigenvalue weighted by molar-refractivity contribution is -0.126. The lowest BCUT2D eigenvalue weighted by Gasteiger charge is -2.29. The smallest absolute Gasteiger partial charge is 0.243 e. The SMILES string of the molecule is Cc1ccc(CNC(=O)[C@@H]2CC(=O)N(c3ccc(S(=O)(=O)N4CCC(C)CC4)cc3)C2)cc1. The fourth-order valence-corrected chi connectivity index (χ4v) is 5.81. The van der Waals surface area contributed by atoms with E-state index in [1.54, 1.807) is 29.2 Å². The lowest BCUT2D eigenvalue weighted by atomic mass is 10.0. The number of aryl methyl sites for hydroxylation is 1. The van der Waals surface area contributed by atoms with Crippen LogP contribution < -0.4 is 10.2 Å². The Balaban J connectivity index is 1.37. The van der Waals surface area contributed by atoms with Crippen molar-refractivity contribution in [2.75, 3.05) is 24.5 Å². The molecule has 0 bridgehead atoms. The van der Waals surface area contributed by atoms with Gasteiger partial charge in [0.15, 0.2) is 0 Å². The number of rotatable bonds is 6. The van der Waals surface area contributed by atoms with Gasteiger partial charge in [-0.15, -0.1) is 0 Å². The number of hydrogen-bond donors (Lipinski definition) is 1. The van der Waals surface area contributed by atoms with Gasteiger partial charge in [-0.25, -0.2) is 8.42 Å². The summed E-state index contributed by atoms with van der Waals surface area (Å²) in [5, 5.41) is 2.92. The van der Waals surface area contributed by atoms with Crippen LogP contribution in [0.25, 0.3) is 0 Å². The first-order chi connectivity index (χ1) is 15.7. The van der Waals surface area contributed by atoms with E-state index < -0.39 is 15.9 Å². The van der Waals surface area contributed by atoms with Crippen LogP contribution in [0, 0.1) is 18.8 Å². The molecular weight excluding hydrogens is 438 g/mol. The van der Waals surface area contributed by atoms with Crippen LogP contribution in [0.1, 0.15) is 37.3 Å². The highest BCUT2D eigenvalue weighted by atomic mass is 32.2. The van der Waals surface area contributed by atoms with Crippen LogP contribution in [0.4, 0.5) is 5.69 Å². The second-order valence-electron chi connectivity index (χ2n) is 9.19. The molecule has 7 nitrogen and oxygen atoms in total. The highest BCUT2D eigenvalue weighted by Crippen LogP contribution is 2.28. The predicted octanol–water partition coefficient (Wildman–Crippen LogP) is 3.08.